The van der Waals surface area contributed by atoms with Crippen molar-refractivity contribution in [2.45, 2.75) is 58.6 Å². The molecule has 4 rings (SSSR count). The number of benzene rings is 2. The van der Waals surface area contributed by atoms with Crippen LogP contribution in [0.1, 0.15) is 44.2 Å². The van der Waals surface area contributed by atoms with Crippen LogP contribution in [0, 0.1) is 12.7 Å². The molecule has 37 heavy (non-hydrogen) atoms. The number of hydrogen-bond donors (Lipinski definition) is 2. The monoisotopic (exact) mass is 527 g/mol. The van der Waals surface area contributed by atoms with Crippen LogP contribution in [0.15, 0.2) is 36.4 Å². The molecule has 1 aliphatic rings. The summed E-state index contributed by atoms with van der Waals surface area (Å²) in [6, 6.07) is 10.3. The number of carbonyl (C=O) groups excluding carboxylic acids is 1. The molecule has 0 saturated carbocycles. The van der Waals surface area contributed by atoms with Crippen LogP contribution in [0.25, 0.3) is 22.2 Å². The Kier molecular flexibility index (Phi) is 9.00. The molecule has 6 nitrogen and oxygen atoms in total. The quantitative estimate of drug-likeness (QED) is 0.370. The lowest BCUT2D eigenvalue weighted by Gasteiger charge is -2.29. The van der Waals surface area contributed by atoms with Gasteiger partial charge in [0.2, 0.25) is 5.91 Å². The van der Waals surface area contributed by atoms with Crippen LogP contribution in [0.5, 0.6) is 5.75 Å². The first-order valence-corrected chi connectivity index (χ1v) is 13.3. The molecule has 0 radical (unpaired) electrons. The van der Waals surface area contributed by atoms with Crippen molar-refractivity contribution in [3.05, 3.63) is 58.4 Å². The summed E-state index contributed by atoms with van der Waals surface area (Å²) < 4.78 is 19.9. The summed E-state index contributed by atoms with van der Waals surface area (Å²) in [5, 5.41) is 13.5. The van der Waals surface area contributed by atoms with E-state index >= 15 is 0 Å². The Labute approximate surface area is 222 Å². The van der Waals surface area contributed by atoms with Crippen molar-refractivity contribution >= 4 is 28.4 Å². The molecule has 1 amide bonds. The normalized spacial score (nSPS) is 14.9. The molecule has 1 aromatic heterocycles. The molecule has 8 heteroatoms. The van der Waals surface area contributed by atoms with Crippen molar-refractivity contribution < 1.29 is 19.0 Å². The van der Waals surface area contributed by atoms with E-state index < -0.39 is 5.82 Å². The standard InChI is InChI=1S/C29H35ClFN3O3/c1-18(2)32-28(36)17-24-19(3)23-16-22(37-14-4-11-34-12-9-21(35)10-13-34)6-8-27(23)33-29(24)20-5-7-26(31)25(30)15-20/h5-8,15-16,18,21,35H,4,9-14,17H2,1-3H3,(H,32,36). The highest BCUT2D eigenvalue weighted by molar-refractivity contribution is 6.31. The Morgan fingerprint density at radius 3 is 2.70 bits per heavy atom. The van der Waals surface area contributed by atoms with Crippen molar-refractivity contribution in [3.8, 4) is 17.0 Å². The van der Waals surface area contributed by atoms with Crippen molar-refractivity contribution in [3.63, 3.8) is 0 Å². The molecule has 1 fully saturated rings. The van der Waals surface area contributed by atoms with Crippen molar-refractivity contribution in [1.29, 1.82) is 0 Å². The SMILES string of the molecule is Cc1c(CC(=O)NC(C)C)c(-c2ccc(F)c(Cl)c2)nc2ccc(OCCCN3CCC(O)CC3)cc12. The number of aliphatic hydroxyl groups is 1. The van der Waals surface area contributed by atoms with E-state index in [2.05, 4.69) is 10.2 Å². The van der Waals surface area contributed by atoms with E-state index in [1.807, 2.05) is 39.0 Å². The van der Waals surface area contributed by atoms with Crippen LogP contribution in [-0.4, -0.2) is 59.3 Å². The lowest BCUT2D eigenvalue weighted by atomic mass is 9.95. The summed E-state index contributed by atoms with van der Waals surface area (Å²) in [6.45, 7) is 9.20. The zero-order valence-electron chi connectivity index (χ0n) is 21.7. The zero-order valence-corrected chi connectivity index (χ0v) is 22.4. The second-order valence-corrected chi connectivity index (χ2v) is 10.5. The maximum atomic E-state index is 13.9. The number of fused-ring (bicyclic) bond motifs is 1. The van der Waals surface area contributed by atoms with Gasteiger partial charge in [-0.05, 0) is 87.6 Å². The predicted octanol–water partition coefficient (Wildman–Crippen LogP) is 5.30. The van der Waals surface area contributed by atoms with Crippen LogP contribution in [0.3, 0.4) is 0 Å². The highest BCUT2D eigenvalue weighted by Crippen LogP contribution is 2.33. The molecule has 0 aliphatic carbocycles. The van der Waals surface area contributed by atoms with Crippen molar-refractivity contribution in [1.82, 2.24) is 15.2 Å². The van der Waals surface area contributed by atoms with Crippen LogP contribution >= 0.6 is 11.6 Å². The average molecular weight is 528 g/mol. The average Bonchev–Trinajstić information content (AvgIpc) is 2.86. The summed E-state index contributed by atoms with van der Waals surface area (Å²) in [6.07, 6.45) is 2.55. The van der Waals surface area contributed by atoms with Gasteiger partial charge in [0.25, 0.3) is 0 Å². The molecular formula is C29H35ClFN3O3. The molecule has 2 N–H and O–H groups in total. The topological polar surface area (TPSA) is 74.7 Å². The minimum absolute atomic E-state index is 0.0131. The first kappa shape index (κ1) is 27.3. The van der Waals surface area contributed by atoms with Gasteiger partial charge in [0, 0.05) is 36.6 Å². The van der Waals surface area contributed by atoms with Crippen molar-refractivity contribution in [2.75, 3.05) is 26.2 Å². The van der Waals surface area contributed by atoms with Gasteiger partial charge in [0.15, 0.2) is 0 Å². The molecule has 0 spiro atoms. The van der Waals surface area contributed by atoms with Gasteiger partial charge in [-0.15, -0.1) is 0 Å². The minimum Gasteiger partial charge on any atom is -0.494 e. The van der Waals surface area contributed by atoms with E-state index in [9.17, 15) is 14.3 Å². The molecule has 2 heterocycles. The second-order valence-electron chi connectivity index (χ2n) is 10.0. The molecule has 0 unspecified atom stereocenters. The van der Waals surface area contributed by atoms with E-state index in [1.165, 1.54) is 6.07 Å². The summed E-state index contributed by atoms with van der Waals surface area (Å²) in [4.78, 5) is 20.0. The predicted molar refractivity (Wildman–Crippen MR) is 146 cm³/mol. The number of amides is 1. The number of nitrogens with zero attached hydrogens (tertiary/aromatic N) is 2. The number of hydrogen-bond acceptors (Lipinski definition) is 5. The molecule has 3 aromatic rings. The lowest BCUT2D eigenvalue weighted by Crippen LogP contribution is -2.36. The third kappa shape index (κ3) is 6.98. The number of aryl methyl sites for hydroxylation is 1. The lowest BCUT2D eigenvalue weighted by molar-refractivity contribution is -0.120. The van der Waals surface area contributed by atoms with Gasteiger partial charge in [-0.2, -0.15) is 0 Å². The fraction of sp³-hybridized carbons (Fsp3) is 0.448. The number of carbonyl (C=O) groups is 1. The van der Waals surface area contributed by atoms with E-state index in [4.69, 9.17) is 21.3 Å². The van der Waals surface area contributed by atoms with Crippen LogP contribution < -0.4 is 10.1 Å². The van der Waals surface area contributed by atoms with Gasteiger partial charge in [-0.25, -0.2) is 9.37 Å². The molecule has 1 aliphatic heterocycles. The van der Waals surface area contributed by atoms with Gasteiger partial charge < -0.3 is 20.1 Å². The van der Waals surface area contributed by atoms with Gasteiger partial charge in [-0.3, -0.25) is 4.79 Å². The molecule has 2 aromatic carbocycles. The molecule has 1 saturated heterocycles. The number of nitrogens with one attached hydrogen (secondary N) is 1. The molecule has 0 bridgehead atoms. The Morgan fingerprint density at radius 2 is 2.00 bits per heavy atom. The number of piperidine rings is 1. The molecular weight excluding hydrogens is 493 g/mol. The van der Waals surface area contributed by atoms with Crippen LogP contribution in [0.2, 0.25) is 5.02 Å². The Morgan fingerprint density at radius 1 is 1.24 bits per heavy atom. The van der Waals surface area contributed by atoms with Gasteiger partial charge in [-0.1, -0.05) is 11.6 Å². The summed E-state index contributed by atoms with van der Waals surface area (Å²) >= 11 is 6.07. The third-order valence-electron chi connectivity index (χ3n) is 6.77. The number of rotatable bonds is 9. The number of ether oxygens (including phenoxy) is 1. The largest absolute Gasteiger partial charge is 0.494 e. The summed E-state index contributed by atoms with van der Waals surface area (Å²) in [7, 11) is 0. The number of aliphatic hydroxyl groups excluding tert-OH is 1. The smallest absolute Gasteiger partial charge is 0.224 e. The number of aromatic nitrogens is 1. The zero-order chi connectivity index (χ0) is 26.5. The van der Waals surface area contributed by atoms with E-state index in [1.54, 1.807) is 12.1 Å². The highest BCUT2D eigenvalue weighted by atomic mass is 35.5. The number of likely N-dealkylation sites (tertiary alicyclic amines) is 1. The van der Waals surface area contributed by atoms with E-state index in [0.717, 1.165) is 66.7 Å². The van der Waals surface area contributed by atoms with Gasteiger partial charge in [0.1, 0.15) is 11.6 Å². The summed E-state index contributed by atoms with van der Waals surface area (Å²) in [5.41, 5.74) is 3.75. The van der Waals surface area contributed by atoms with Crippen LogP contribution in [-0.2, 0) is 11.2 Å². The highest BCUT2D eigenvalue weighted by Gasteiger charge is 2.19. The first-order chi connectivity index (χ1) is 17.7. The minimum atomic E-state index is -0.498. The van der Waals surface area contributed by atoms with Gasteiger partial charge in [0.05, 0.1) is 35.4 Å². The second kappa shape index (κ2) is 12.2. The maximum absolute atomic E-state index is 13.9. The van der Waals surface area contributed by atoms with Crippen molar-refractivity contribution in [2.24, 2.45) is 0 Å². The molecule has 0 atom stereocenters. The number of halogens is 2. The third-order valence-corrected chi connectivity index (χ3v) is 7.06. The Balaban J connectivity index is 1.58. The number of pyridine rings is 1. The van der Waals surface area contributed by atoms with Gasteiger partial charge >= 0.3 is 0 Å². The van der Waals surface area contributed by atoms with E-state index in [0.29, 0.717) is 17.9 Å². The first-order valence-electron chi connectivity index (χ1n) is 12.9. The fourth-order valence-electron chi connectivity index (χ4n) is 4.78. The van der Waals surface area contributed by atoms with Crippen LogP contribution in [0.4, 0.5) is 4.39 Å². The fourth-order valence-corrected chi connectivity index (χ4v) is 4.96. The Bertz CT molecular complexity index is 1260. The van der Waals surface area contributed by atoms with E-state index in [-0.39, 0.29) is 29.5 Å². The Hall–Kier alpha value is -2.74. The molecule has 198 valence electrons. The maximum Gasteiger partial charge on any atom is 0.224 e. The summed E-state index contributed by atoms with van der Waals surface area (Å²) in [5.74, 6) is 0.148.